The van der Waals surface area contributed by atoms with Gasteiger partial charge in [-0.25, -0.2) is 0 Å². The summed E-state index contributed by atoms with van der Waals surface area (Å²) in [5, 5.41) is 0. The van der Waals surface area contributed by atoms with Crippen LogP contribution in [0.5, 0.6) is 0 Å². The van der Waals surface area contributed by atoms with Crippen LogP contribution in [0.3, 0.4) is 0 Å². The van der Waals surface area contributed by atoms with Gasteiger partial charge in [0.25, 0.3) is 0 Å². The van der Waals surface area contributed by atoms with Crippen LogP contribution in [0.25, 0.3) is 22.3 Å². The van der Waals surface area contributed by atoms with E-state index in [1.807, 2.05) is 0 Å². The van der Waals surface area contributed by atoms with Gasteiger partial charge in [0.1, 0.15) is 0 Å². The number of hydrogen-bond donors (Lipinski definition) is 0. The highest BCUT2D eigenvalue weighted by Gasteiger charge is 2.25. The zero-order valence-electron chi connectivity index (χ0n) is 10.6. The van der Waals surface area contributed by atoms with Gasteiger partial charge in [-0.1, -0.05) is 72.8 Å². The summed E-state index contributed by atoms with van der Waals surface area (Å²) in [5.41, 5.74) is 8.50. The maximum atomic E-state index is 2.27. The Kier molecular flexibility index (Phi) is 2.28. The Bertz CT molecular complexity index is 660. The number of hydrogen-bond acceptors (Lipinski definition) is 0. The quantitative estimate of drug-likeness (QED) is 0.468. The van der Waals surface area contributed by atoms with Crippen LogP contribution in [-0.2, 0) is 6.42 Å². The second kappa shape index (κ2) is 4.10. The minimum Gasteiger partial charge on any atom is -0.0622 e. The van der Waals surface area contributed by atoms with Gasteiger partial charge in [-0.2, -0.15) is 0 Å². The van der Waals surface area contributed by atoms with Gasteiger partial charge in [-0.3, -0.25) is 0 Å². The maximum Gasteiger partial charge on any atom is -0.000730 e. The van der Waals surface area contributed by atoms with E-state index in [0.717, 1.165) is 6.42 Å². The van der Waals surface area contributed by atoms with Gasteiger partial charge in [0.15, 0.2) is 0 Å². The van der Waals surface area contributed by atoms with Gasteiger partial charge in [0.05, 0.1) is 0 Å². The predicted octanol–water partition coefficient (Wildman–Crippen LogP) is 4.92. The number of rotatable bonds is 2. The average molecular weight is 242 g/mol. The van der Waals surface area contributed by atoms with Crippen LogP contribution in [0.2, 0.25) is 0 Å². The van der Waals surface area contributed by atoms with Crippen molar-refractivity contribution in [1.29, 1.82) is 0 Å². The molecule has 0 spiro atoms. The number of fused-ring (bicyclic) bond motifs is 1. The van der Waals surface area contributed by atoms with Crippen LogP contribution in [-0.4, -0.2) is 0 Å². The molecule has 19 heavy (non-hydrogen) atoms. The molecule has 0 saturated heterocycles. The van der Waals surface area contributed by atoms with Gasteiger partial charge in [-0.05, 0) is 39.8 Å². The molecule has 0 nitrogen and oxygen atoms in total. The van der Waals surface area contributed by atoms with Gasteiger partial charge >= 0.3 is 0 Å². The van der Waals surface area contributed by atoms with E-state index < -0.39 is 0 Å². The third-order valence-electron chi connectivity index (χ3n) is 3.83. The molecule has 4 rings (SSSR count). The number of benzene rings is 3. The molecule has 0 heterocycles. The molecule has 0 N–H and O–H groups in total. The third-order valence-corrected chi connectivity index (χ3v) is 3.83. The van der Waals surface area contributed by atoms with Crippen molar-refractivity contribution in [2.45, 2.75) is 6.42 Å². The van der Waals surface area contributed by atoms with Crippen molar-refractivity contribution in [3.8, 4) is 22.3 Å². The van der Waals surface area contributed by atoms with E-state index >= 15 is 0 Å². The highest BCUT2D eigenvalue weighted by atomic mass is 14.3. The normalized spacial score (nSPS) is 12.0. The SMILES string of the molecule is c1ccc(-c2ccc(-c3ccccc3)c3c2C3)cc1. The molecule has 0 radical (unpaired) electrons. The Balaban J connectivity index is 1.82. The molecule has 1 aliphatic carbocycles. The summed E-state index contributed by atoms with van der Waals surface area (Å²) in [7, 11) is 0. The zero-order chi connectivity index (χ0) is 12.7. The van der Waals surface area contributed by atoms with Crippen molar-refractivity contribution in [2.24, 2.45) is 0 Å². The zero-order valence-corrected chi connectivity index (χ0v) is 10.6. The van der Waals surface area contributed by atoms with Crippen molar-refractivity contribution in [1.82, 2.24) is 0 Å². The van der Waals surface area contributed by atoms with Gasteiger partial charge < -0.3 is 0 Å². The fourth-order valence-electron chi connectivity index (χ4n) is 2.79. The monoisotopic (exact) mass is 242 g/mol. The standard InChI is InChI=1S/C19H14/c1-3-7-14(8-4-1)16-11-12-17(19-13-18(16)19)15-9-5-2-6-10-15/h1-12H,13H2. The fourth-order valence-corrected chi connectivity index (χ4v) is 2.79. The third kappa shape index (κ3) is 1.77. The summed E-state index contributed by atoms with van der Waals surface area (Å²) in [4.78, 5) is 0. The van der Waals surface area contributed by atoms with Crippen molar-refractivity contribution in [3.05, 3.63) is 83.9 Å². The molecule has 0 aromatic heterocycles. The lowest BCUT2D eigenvalue weighted by atomic mass is 10.0. The second-order valence-corrected chi connectivity index (χ2v) is 5.03. The van der Waals surface area contributed by atoms with Crippen LogP contribution in [0, 0.1) is 0 Å². The molecule has 0 aliphatic heterocycles. The lowest BCUT2D eigenvalue weighted by Crippen LogP contribution is -1.79. The smallest absolute Gasteiger partial charge is 0.000730 e. The summed E-state index contributed by atoms with van der Waals surface area (Å²) >= 11 is 0. The van der Waals surface area contributed by atoms with Crippen LogP contribution >= 0.6 is 0 Å². The minimum absolute atomic E-state index is 1.14. The van der Waals surface area contributed by atoms with Gasteiger partial charge in [-0.15, -0.1) is 0 Å². The Morgan fingerprint density at radius 1 is 0.474 bits per heavy atom. The molecule has 0 saturated carbocycles. The van der Waals surface area contributed by atoms with Gasteiger partial charge in [0, 0.05) is 0 Å². The lowest BCUT2D eigenvalue weighted by molar-refractivity contribution is 1.58. The molecular weight excluding hydrogens is 228 g/mol. The maximum absolute atomic E-state index is 2.27. The highest BCUT2D eigenvalue weighted by Crippen LogP contribution is 2.43. The Morgan fingerprint density at radius 3 is 1.32 bits per heavy atom. The highest BCUT2D eigenvalue weighted by molar-refractivity contribution is 5.83. The van der Waals surface area contributed by atoms with E-state index in [0.29, 0.717) is 0 Å². The fraction of sp³-hybridized carbons (Fsp3) is 0.0526. The minimum atomic E-state index is 1.14. The second-order valence-electron chi connectivity index (χ2n) is 5.03. The first-order chi connectivity index (χ1) is 9.43. The van der Waals surface area contributed by atoms with E-state index in [4.69, 9.17) is 0 Å². The van der Waals surface area contributed by atoms with Crippen molar-refractivity contribution in [2.75, 3.05) is 0 Å². The van der Waals surface area contributed by atoms with Crippen molar-refractivity contribution >= 4 is 0 Å². The van der Waals surface area contributed by atoms with Crippen LogP contribution in [0.15, 0.2) is 72.8 Å². The first-order valence-corrected chi connectivity index (χ1v) is 6.69. The molecule has 1 aliphatic rings. The first kappa shape index (κ1) is 10.6. The Labute approximate surface area is 113 Å². The Morgan fingerprint density at radius 2 is 0.895 bits per heavy atom. The molecule has 90 valence electrons. The van der Waals surface area contributed by atoms with E-state index in [9.17, 15) is 0 Å². The summed E-state index contributed by atoms with van der Waals surface area (Å²) in [6, 6.07) is 25.9. The van der Waals surface area contributed by atoms with E-state index in [1.54, 1.807) is 0 Å². The molecule has 0 amide bonds. The first-order valence-electron chi connectivity index (χ1n) is 6.69. The van der Waals surface area contributed by atoms with Crippen LogP contribution in [0.1, 0.15) is 11.1 Å². The van der Waals surface area contributed by atoms with Crippen LogP contribution < -0.4 is 0 Å². The summed E-state index contributed by atoms with van der Waals surface area (Å²) < 4.78 is 0. The molecule has 3 aromatic rings. The van der Waals surface area contributed by atoms with Gasteiger partial charge in [0.2, 0.25) is 0 Å². The molecule has 0 fully saturated rings. The van der Waals surface area contributed by atoms with Crippen molar-refractivity contribution in [3.63, 3.8) is 0 Å². The van der Waals surface area contributed by atoms with E-state index in [2.05, 4.69) is 72.8 Å². The van der Waals surface area contributed by atoms with E-state index in [1.165, 1.54) is 33.4 Å². The van der Waals surface area contributed by atoms with Crippen molar-refractivity contribution < 1.29 is 0 Å². The molecule has 0 bridgehead atoms. The summed E-state index contributed by atoms with van der Waals surface area (Å²) in [5.74, 6) is 0. The molecular formula is C19H14. The average Bonchev–Trinajstić information content (AvgIpc) is 3.28. The lowest BCUT2D eigenvalue weighted by Gasteiger charge is -2.04. The topological polar surface area (TPSA) is 0 Å². The summed E-state index contributed by atoms with van der Waals surface area (Å²) in [6.07, 6.45) is 1.14. The molecule has 0 unspecified atom stereocenters. The molecule has 0 heteroatoms. The predicted molar refractivity (Wildman–Crippen MR) is 80.1 cm³/mol. The largest absolute Gasteiger partial charge is 0.0622 e. The summed E-state index contributed by atoms with van der Waals surface area (Å²) in [6.45, 7) is 0. The molecule has 3 aromatic carbocycles. The van der Waals surface area contributed by atoms with E-state index in [-0.39, 0.29) is 0 Å². The molecule has 0 atom stereocenters. The Hall–Kier alpha value is -2.34. The van der Waals surface area contributed by atoms with Crippen LogP contribution in [0.4, 0.5) is 0 Å².